The molecule has 0 amide bonds. The maximum absolute atomic E-state index is 5.97. The SMILES string of the molecule is CCCc1nc(N)c(C)c(Sc2ccccc2Br)n1. The Bertz CT molecular complexity index is 587. The fraction of sp³-hybridized carbons (Fsp3) is 0.286. The van der Waals surface area contributed by atoms with Crippen LogP contribution in [0.2, 0.25) is 0 Å². The third-order valence-electron chi connectivity index (χ3n) is 2.70. The van der Waals surface area contributed by atoms with E-state index >= 15 is 0 Å². The van der Waals surface area contributed by atoms with Crippen molar-refractivity contribution in [2.45, 2.75) is 36.6 Å². The molecule has 0 saturated carbocycles. The van der Waals surface area contributed by atoms with E-state index in [1.54, 1.807) is 11.8 Å². The lowest BCUT2D eigenvalue weighted by Crippen LogP contribution is -2.04. The van der Waals surface area contributed by atoms with E-state index in [1.165, 1.54) is 0 Å². The maximum Gasteiger partial charge on any atom is 0.132 e. The highest BCUT2D eigenvalue weighted by molar-refractivity contribution is 9.10. The second-order valence-corrected chi connectivity index (χ2v) is 6.12. The average Bonchev–Trinajstić information content (AvgIpc) is 2.38. The average molecular weight is 338 g/mol. The van der Waals surface area contributed by atoms with Crippen molar-refractivity contribution in [3.63, 3.8) is 0 Å². The summed E-state index contributed by atoms with van der Waals surface area (Å²) < 4.78 is 1.06. The zero-order valence-corrected chi connectivity index (χ0v) is 13.4. The number of hydrogen-bond acceptors (Lipinski definition) is 4. The summed E-state index contributed by atoms with van der Waals surface area (Å²) in [6.45, 7) is 4.07. The lowest BCUT2D eigenvalue weighted by Gasteiger charge is -2.10. The first kappa shape index (κ1) is 14.3. The Morgan fingerprint density at radius 2 is 2.00 bits per heavy atom. The fourth-order valence-corrected chi connectivity index (χ4v) is 3.08. The normalized spacial score (nSPS) is 10.7. The van der Waals surface area contributed by atoms with E-state index in [9.17, 15) is 0 Å². The number of nitrogens with two attached hydrogens (primary N) is 1. The van der Waals surface area contributed by atoms with E-state index in [-0.39, 0.29) is 0 Å². The summed E-state index contributed by atoms with van der Waals surface area (Å²) in [5.41, 5.74) is 6.91. The maximum atomic E-state index is 5.97. The van der Waals surface area contributed by atoms with Crippen LogP contribution in [0.4, 0.5) is 5.82 Å². The van der Waals surface area contributed by atoms with Crippen LogP contribution in [0, 0.1) is 6.92 Å². The molecular formula is C14H16BrN3S. The first-order valence-electron chi connectivity index (χ1n) is 6.17. The second-order valence-electron chi connectivity index (χ2n) is 4.24. The lowest BCUT2D eigenvalue weighted by atomic mass is 10.3. The molecule has 0 unspecified atom stereocenters. The van der Waals surface area contributed by atoms with Gasteiger partial charge in [-0.3, -0.25) is 0 Å². The standard InChI is InChI=1S/C14H16BrN3S/c1-3-6-12-17-13(16)9(2)14(18-12)19-11-8-5-4-7-10(11)15/h4-5,7-8H,3,6H2,1-2H3,(H2,16,17,18). The number of halogens is 1. The molecule has 0 bridgehead atoms. The molecule has 19 heavy (non-hydrogen) atoms. The molecule has 2 N–H and O–H groups in total. The molecule has 0 fully saturated rings. The molecule has 0 aliphatic rings. The summed E-state index contributed by atoms with van der Waals surface area (Å²) in [5.74, 6) is 1.40. The summed E-state index contributed by atoms with van der Waals surface area (Å²) in [7, 11) is 0. The number of hydrogen-bond donors (Lipinski definition) is 1. The second kappa shape index (κ2) is 6.39. The minimum atomic E-state index is 0.577. The number of benzene rings is 1. The van der Waals surface area contributed by atoms with Crippen LogP contribution in [0.1, 0.15) is 24.7 Å². The molecule has 1 aromatic carbocycles. The largest absolute Gasteiger partial charge is 0.383 e. The van der Waals surface area contributed by atoms with Crippen molar-refractivity contribution in [2.24, 2.45) is 0 Å². The van der Waals surface area contributed by atoms with Gasteiger partial charge >= 0.3 is 0 Å². The number of nitrogen functional groups attached to an aromatic ring is 1. The molecular weight excluding hydrogens is 322 g/mol. The third kappa shape index (κ3) is 3.48. The van der Waals surface area contributed by atoms with Crippen molar-refractivity contribution in [3.05, 3.63) is 40.1 Å². The minimum absolute atomic E-state index is 0.577. The van der Waals surface area contributed by atoms with Gasteiger partial charge in [-0.2, -0.15) is 0 Å². The van der Waals surface area contributed by atoms with Gasteiger partial charge in [0.15, 0.2) is 0 Å². The summed E-state index contributed by atoms with van der Waals surface area (Å²) in [6.07, 6.45) is 1.87. The number of nitrogens with zero attached hydrogens (tertiary/aromatic N) is 2. The van der Waals surface area contributed by atoms with E-state index in [0.29, 0.717) is 5.82 Å². The van der Waals surface area contributed by atoms with E-state index < -0.39 is 0 Å². The molecule has 0 radical (unpaired) electrons. The zero-order valence-electron chi connectivity index (χ0n) is 11.0. The molecule has 100 valence electrons. The van der Waals surface area contributed by atoms with Crippen molar-refractivity contribution in [2.75, 3.05) is 5.73 Å². The Kier molecular flexibility index (Phi) is 4.82. The highest BCUT2D eigenvalue weighted by Crippen LogP contribution is 2.34. The quantitative estimate of drug-likeness (QED) is 0.848. The van der Waals surface area contributed by atoms with E-state index in [0.717, 1.165) is 38.6 Å². The molecule has 0 saturated heterocycles. The molecule has 5 heteroatoms. The van der Waals surface area contributed by atoms with Crippen LogP contribution < -0.4 is 5.73 Å². The Hall–Kier alpha value is -1.07. The van der Waals surface area contributed by atoms with Gasteiger partial charge < -0.3 is 5.73 Å². The van der Waals surface area contributed by atoms with Crippen LogP contribution in [0.15, 0.2) is 38.7 Å². The van der Waals surface area contributed by atoms with Crippen LogP contribution in [0.5, 0.6) is 0 Å². The van der Waals surface area contributed by atoms with Crippen molar-refractivity contribution in [1.29, 1.82) is 0 Å². The van der Waals surface area contributed by atoms with Gasteiger partial charge in [0.05, 0.1) is 0 Å². The van der Waals surface area contributed by atoms with Crippen molar-refractivity contribution in [3.8, 4) is 0 Å². The Morgan fingerprint density at radius 3 is 2.68 bits per heavy atom. The molecule has 2 rings (SSSR count). The molecule has 3 nitrogen and oxygen atoms in total. The zero-order chi connectivity index (χ0) is 13.8. The Balaban J connectivity index is 2.36. The molecule has 0 spiro atoms. The molecule has 1 aromatic heterocycles. The Morgan fingerprint density at radius 1 is 1.26 bits per heavy atom. The predicted molar refractivity (Wildman–Crippen MR) is 83.4 cm³/mol. The van der Waals surface area contributed by atoms with Gasteiger partial charge in [0.25, 0.3) is 0 Å². The molecule has 1 heterocycles. The minimum Gasteiger partial charge on any atom is -0.383 e. The summed E-state index contributed by atoms with van der Waals surface area (Å²) >= 11 is 5.17. The monoisotopic (exact) mass is 337 g/mol. The van der Waals surface area contributed by atoms with Crippen molar-refractivity contribution >= 4 is 33.5 Å². The summed E-state index contributed by atoms with van der Waals surface area (Å²) in [5, 5.41) is 0.933. The van der Waals surface area contributed by atoms with Gasteiger partial charge in [-0.1, -0.05) is 30.8 Å². The van der Waals surface area contributed by atoms with Gasteiger partial charge in [0.1, 0.15) is 16.7 Å². The van der Waals surface area contributed by atoms with Gasteiger partial charge in [-0.05, 0) is 41.4 Å². The smallest absolute Gasteiger partial charge is 0.132 e. The lowest BCUT2D eigenvalue weighted by molar-refractivity contribution is 0.805. The predicted octanol–water partition coefficient (Wildman–Crippen LogP) is 4.23. The number of aryl methyl sites for hydroxylation is 1. The van der Waals surface area contributed by atoms with Gasteiger partial charge in [-0.25, -0.2) is 9.97 Å². The van der Waals surface area contributed by atoms with Crippen LogP contribution >= 0.6 is 27.7 Å². The van der Waals surface area contributed by atoms with E-state index in [2.05, 4.69) is 38.9 Å². The Labute approximate surface area is 126 Å². The summed E-state index contributed by atoms with van der Waals surface area (Å²) in [6, 6.07) is 8.10. The molecule has 0 atom stereocenters. The highest BCUT2D eigenvalue weighted by Gasteiger charge is 2.11. The van der Waals surface area contributed by atoms with Gasteiger partial charge in [0, 0.05) is 21.4 Å². The van der Waals surface area contributed by atoms with Gasteiger partial charge in [0.2, 0.25) is 0 Å². The first-order valence-corrected chi connectivity index (χ1v) is 7.78. The van der Waals surface area contributed by atoms with Crippen LogP contribution in [-0.4, -0.2) is 9.97 Å². The molecule has 2 aromatic rings. The number of aromatic nitrogens is 2. The van der Waals surface area contributed by atoms with Gasteiger partial charge in [-0.15, -0.1) is 0 Å². The highest BCUT2D eigenvalue weighted by atomic mass is 79.9. The summed E-state index contributed by atoms with van der Waals surface area (Å²) in [4.78, 5) is 10.1. The van der Waals surface area contributed by atoms with Crippen LogP contribution in [0.3, 0.4) is 0 Å². The number of anilines is 1. The first-order chi connectivity index (χ1) is 9.11. The van der Waals surface area contributed by atoms with Crippen LogP contribution in [-0.2, 0) is 6.42 Å². The number of rotatable bonds is 4. The van der Waals surface area contributed by atoms with Crippen LogP contribution in [0.25, 0.3) is 0 Å². The van der Waals surface area contributed by atoms with E-state index in [4.69, 9.17) is 5.73 Å². The fourth-order valence-electron chi connectivity index (χ4n) is 1.62. The molecule has 0 aliphatic heterocycles. The topological polar surface area (TPSA) is 51.8 Å². The van der Waals surface area contributed by atoms with E-state index in [1.807, 2.05) is 25.1 Å². The molecule has 0 aliphatic carbocycles. The third-order valence-corrected chi connectivity index (χ3v) is 4.82. The van der Waals surface area contributed by atoms with Crippen molar-refractivity contribution in [1.82, 2.24) is 9.97 Å². The van der Waals surface area contributed by atoms with Crippen molar-refractivity contribution < 1.29 is 0 Å².